The van der Waals surface area contributed by atoms with Gasteiger partial charge in [0.05, 0.1) is 23.4 Å². The number of carbonyl (C=O) groups excluding carboxylic acids is 4. The van der Waals surface area contributed by atoms with Gasteiger partial charge in [-0.1, -0.05) is 25.5 Å². The molecule has 35 heavy (non-hydrogen) atoms. The largest absolute Gasteiger partial charge is 0.513 e. The maximum Gasteiger partial charge on any atom is 0.513 e. The van der Waals surface area contributed by atoms with Gasteiger partial charge < -0.3 is 9.47 Å². The van der Waals surface area contributed by atoms with Gasteiger partial charge in [-0.15, -0.1) is 0 Å². The standard InChI is InChI=1S/C26H24N2O7/c1-4-8-18-20-14(3)13-15(23(29)27-33)11-12-19(20)22(35-26(32)34-5-2)21(18)28-24(30)16-9-6-7-10-17(16)25(28)31/h6-7,9-13,33H,4-5,8H2,1-3H3,(H,27,29). The van der Waals surface area contributed by atoms with Crippen LogP contribution in [0.2, 0.25) is 0 Å². The Hall–Kier alpha value is -4.24. The number of anilines is 1. The number of hydrogen-bond acceptors (Lipinski definition) is 7. The van der Waals surface area contributed by atoms with E-state index in [1.165, 1.54) is 6.07 Å². The van der Waals surface area contributed by atoms with Gasteiger partial charge in [0.1, 0.15) is 0 Å². The molecular formula is C26H24N2O7. The summed E-state index contributed by atoms with van der Waals surface area (Å²) in [6.45, 7) is 5.40. The molecule has 3 aliphatic rings. The van der Waals surface area contributed by atoms with Crippen molar-refractivity contribution in [3.8, 4) is 16.9 Å². The molecule has 9 nitrogen and oxygen atoms in total. The van der Waals surface area contributed by atoms with E-state index in [-0.39, 0.29) is 34.7 Å². The Kier molecular flexibility index (Phi) is 6.52. The molecular weight excluding hydrogens is 452 g/mol. The lowest BCUT2D eigenvalue weighted by molar-refractivity contribution is 0.0706. The molecule has 0 unspecified atom stereocenters. The van der Waals surface area contributed by atoms with Crippen LogP contribution >= 0.6 is 0 Å². The first-order chi connectivity index (χ1) is 16.8. The molecule has 0 bridgehead atoms. The quantitative estimate of drug-likeness (QED) is 0.232. The van der Waals surface area contributed by atoms with Gasteiger partial charge in [0.25, 0.3) is 17.7 Å². The fourth-order valence-corrected chi connectivity index (χ4v) is 4.46. The molecule has 1 heterocycles. The molecule has 0 aromatic heterocycles. The Morgan fingerprint density at radius 3 is 2.23 bits per heavy atom. The summed E-state index contributed by atoms with van der Waals surface area (Å²) < 4.78 is 10.6. The fraction of sp³-hybridized carbons (Fsp3) is 0.231. The zero-order chi connectivity index (χ0) is 25.3. The van der Waals surface area contributed by atoms with Crippen molar-refractivity contribution < 1.29 is 33.9 Å². The normalized spacial score (nSPS) is 12.6. The summed E-state index contributed by atoms with van der Waals surface area (Å²) in [5, 5.41) is 9.08. The van der Waals surface area contributed by atoms with Crippen LogP contribution < -0.4 is 15.1 Å². The molecule has 2 aliphatic carbocycles. The zero-order valence-electron chi connectivity index (χ0n) is 19.5. The Bertz CT molecular complexity index is 1300. The maximum atomic E-state index is 13.4. The highest BCUT2D eigenvalue weighted by atomic mass is 16.7. The van der Waals surface area contributed by atoms with Crippen LogP contribution in [0.5, 0.6) is 5.75 Å². The molecule has 4 rings (SSSR count). The molecule has 0 radical (unpaired) electrons. The summed E-state index contributed by atoms with van der Waals surface area (Å²) in [4.78, 5) is 52.3. The van der Waals surface area contributed by atoms with Crippen molar-refractivity contribution in [1.29, 1.82) is 0 Å². The molecule has 2 N–H and O–H groups in total. The minimum atomic E-state index is -0.988. The number of hydroxylamine groups is 1. The average molecular weight is 476 g/mol. The first kappa shape index (κ1) is 23.9. The van der Waals surface area contributed by atoms with Crippen LogP contribution in [0.15, 0.2) is 42.5 Å². The number of ether oxygens (including phenoxy) is 2. The molecule has 0 spiro atoms. The Labute approximate surface area is 201 Å². The lowest BCUT2D eigenvalue weighted by Crippen LogP contribution is -2.30. The number of amides is 3. The zero-order valence-corrected chi connectivity index (χ0v) is 19.5. The van der Waals surface area contributed by atoms with Crippen LogP contribution in [0.4, 0.5) is 10.5 Å². The van der Waals surface area contributed by atoms with Crippen LogP contribution in [0.25, 0.3) is 11.1 Å². The van der Waals surface area contributed by atoms with Crippen molar-refractivity contribution in [3.05, 3.63) is 70.3 Å². The number of hydrogen-bond donors (Lipinski definition) is 2. The van der Waals surface area contributed by atoms with E-state index in [0.717, 1.165) is 4.90 Å². The number of carbonyl (C=O) groups is 4. The summed E-state index contributed by atoms with van der Waals surface area (Å²) in [5.41, 5.74) is 4.79. The third kappa shape index (κ3) is 4.00. The highest BCUT2D eigenvalue weighted by molar-refractivity contribution is 6.35. The topological polar surface area (TPSA) is 122 Å². The van der Waals surface area contributed by atoms with Crippen LogP contribution in [-0.4, -0.2) is 35.7 Å². The molecule has 1 aromatic carbocycles. The molecule has 180 valence electrons. The lowest BCUT2D eigenvalue weighted by Gasteiger charge is -2.17. The number of aryl methyl sites for hydroxylation is 1. The SMILES string of the molecule is CCCc1c2c(C)cc(C(=O)NO)ccc-2c(OC(=O)OCC)c1N1C(=O)c2ccccc2C1=O. The van der Waals surface area contributed by atoms with Gasteiger partial charge in [-0.05, 0) is 67.3 Å². The minimum Gasteiger partial charge on any atom is -0.434 e. The summed E-state index contributed by atoms with van der Waals surface area (Å²) in [6.07, 6.45) is 0.131. The second-order valence-electron chi connectivity index (χ2n) is 8.03. The number of rotatable bonds is 6. The highest BCUT2D eigenvalue weighted by Crippen LogP contribution is 2.51. The number of nitrogens with zero attached hydrogens (tertiary/aromatic N) is 1. The Morgan fingerprint density at radius 1 is 1.00 bits per heavy atom. The van der Waals surface area contributed by atoms with E-state index in [0.29, 0.717) is 35.1 Å². The Morgan fingerprint density at radius 2 is 1.66 bits per heavy atom. The van der Waals surface area contributed by atoms with Crippen LogP contribution in [0, 0.1) is 6.92 Å². The van der Waals surface area contributed by atoms with E-state index in [9.17, 15) is 19.2 Å². The van der Waals surface area contributed by atoms with Gasteiger partial charge in [0.2, 0.25) is 0 Å². The van der Waals surface area contributed by atoms with Crippen molar-refractivity contribution in [3.63, 3.8) is 0 Å². The summed E-state index contributed by atoms with van der Waals surface area (Å²) >= 11 is 0. The maximum absolute atomic E-state index is 13.4. The summed E-state index contributed by atoms with van der Waals surface area (Å²) in [6, 6.07) is 11.1. The average Bonchev–Trinajstić information content (AvgIpc) is 3.18. The van der Waals surface area contributed by atoms with E-state index in [4.69, 9.17) is 14.7 Å². The molecule has 9 heteroatoms. The molecule has 1 aromatic rings. The number of fused-ring (bicyclic) bond motifs is 2. The summed E-state index contributed by atoms with van der Waals surface area (Å²) in [7, 11) is 0. The lowest BCUT2D eigenvalue weighted by atomic mass is 10.0. The first-order valence-electron chi connectivity index (χ1n) is 11.2. The first-order valence-corrected chi connectivity index (χ1v) is 11.2. The van der Waals surface area contributed by atoms with Crippen molar-refractivity contribution in [1.82, 2.24) is 5.48 Å². The van der Waals surface area contributed by atoms with E-state index in [2.05, 4.69) is 0 Å². The third-order valence-corrected chi connectivity index (χ3v) is 5.84. The Balaban J connectivity index is 2.04. The summed E-state index contributed by atoms with van der Waals surface area (Å²) in [5.74, 6) is -1.76. The molecule has 1 aliphatic heterocycles. The fourth-order valence-electron chi connectivity index (χ4n) is 4.46. The molecule has 3 amide bonds. The van der Waals surface area contributed by atoms with Crippen LogP contribution in [0.1, 0.15) is 62.5 Å². The van der Waals surface area contributed by atoms with Gasteiger partial charge in [0, 0.05) is 11.1 Å². The monoisotopic (exact) mass is 476 g/mol. The van der Waals surface area contributed by atoms with Crippen molar-refractivity contribution in [2.45, 2.75) is 33.6 Å². The highest BCUT2D eigenvalue weighted by Gasteiger charge is 2.42. The van der Waals surface area contributed by atoms with Gasteiger partial charge in [-0.2, -0.15) is 0 Å². The van der Waals surface area contributed by atoms with E-state index in [1.807, 2.05) is 6.92 Å². The van der Waals surface area contributed by atoms with Gasteiger partial charge in [0.15, 0.2) is 5.75 Å². The molecule has 0 atom stereocenters. The van der Waals surface area contributed by atoms with Crippen molar-refractivity contribution in [2.75, 3.05) is 11.5 Å². The van der Waals surface area contributed by atoms with Crippen molar-refractivity contribution >= 4 is 29.6 Å². The van der Waals surface area contributed by atoms with Crippen LogP contribution in [0.3, 0.4) is 0 Å². The molecule has 0 saturated heterocycles. The van der Waals surface area contributed by atoms with Gasteiger partial charge in [-0.3, -0.25) is 19.6 Å². The van der Waals surface area contributed by atoms with Crippen LogP contribution in [-0.2, 0) is 11.2 Å². The predicted octanol–water partition coefficient (Wildman–Crippen LogP) is 4.51. The van der Waals surface area contributed by atoms with Gasteiger partial charge >= 0.3 is 6.16 Å². The number of imide groups is 1. The second kappa shape index (κ2) is 9.55. The predicted molar refractivity (Wildman–Crippen MR) is 126 cm³/mol. The smallest absolute Gasteiger partial charge is 0.434 e. The van der Waals surface area contributed by atoms with E-state index in [1.54, 1.807) is 55.7 Å². The van der Waals surface area contributed by atoms with E-state index >= 15 is 0 Å². The number of benzene rings is 1. The molecule has 0 saturated carbocycles. The molecule has 0 fully saturated rings. The van der Waals surface area contributed by atoms with Crippen molar-refractivity contribution in [2.24, 2.45) is 0 Å². The van der Waals surface area contributed by atoms with Gasteiger partial charge in [-0.25, -0.2) is 15.2 Å². The minimum absolute atomic E-state index is 0.00828. The third-order valence-electron chi connectivity index (χ3n) is 5.84. The van der Waals surface area contributed by atoms with E-state index < -0.39 is 23.9 Å². The second-order valence-corrected chi connectivity index (χ2v) is 8.03. The number of nitrogens with one attached hydrogen (secondary N) is 1.